The molecule has 1 aliphatic rings. The van der Waals surface area contributed by atoms with Gasteiger partial charge in [-0.25, -0.2) is 0 Å². The van der Waals surface area contributed by atoms with E-state index in [9.17, 15) is 0 Å². The summed E-state index contributed by atoms with van der Waals surface area (Å²) < 4.78 is 5.47. The molecular formula is C17H29IN4O. The maximum Gasteiger partial charge on any atom is 0.188 e. The second kappa shape index (κ2) is 10.1. The van der Waals surface area contributed by atoms with E-state index in [-0.39, 0.29) is 30.0 Å². The summed E-state index contributed by atoms with van der Waals surface area (Å²) >= 11 is 0. The monoisotopic (exact) mass is 432 g/mol. The van der Waals surface area contributed by atoms with E-state index in [1.807, 2.05) is 0 Å². The van der Waals surface area contributed by atoms with Crippen LogP contribution in [0, 0.1) is 6.92 Å². The highest BCUT2D eigenvalue weighted by atomic mass is 127. The Morgan fingerprint density at radius 1 is 1.35 bits per heavy atom. The number of ether oxygens (including phenoxy) is 1. The molecule has 1 aromatic rings. The van der Waals surface area contributed by atoms with Gasteiger partial charge >= 0.3 is 0 Å². The molecule has 1 fully saturated rings. The van der Waals surface area contributed by atoms with Crippen LogP contribution in [0.25, 0.3) is 0 Å². The summed E-state index contributed by atoms with van der Waals surface area (Å²) in [4.78, 5) is 6.98. The molecule has 5 nitrogen and oxygen atoms in total. The highest BCUT2D eigenvalue weighted by Crippen LogP contribution is 2.23. The molecule has 1 saturated heterocycles. The Balaban J connectivity index is 0.00000264. The van der Waals surface area contributed by atoms with Gasteiger partial charge in [0.15, 0.2) is 5.96 Å². The van der Waals surface area contributed by atoms with Crippen molar-refractivity contribution < 1.29 is 4.74 Å². The molecule has 0 bridgehead atoms. The van der Waals surface area contributed by atoms with Crippen LogP contribution in [0.5, 0.6) is 0 Å². The van der Waals surface area contributed by atoms with Crippen molar-refractivity contribution in [3.05, 3.63) is 35.4 Å². The number of morpholine rings is 1. The van der Waals surface area contributed by atoms with Crippen LogP contribution in [0.1, 0.15) is 31.0 Å². The Morgan fingerprint density at radius 3 is 2.65 bits per heavy atom. The zero-order chi connectivity index (χ0) is 15.9. The first-order valence-corrected chi connectivity index (χ1v) is 8.01. The number of aliphatic imine (C=N–C) groups is 1. The van der Waals surface area contributed by atoms with Crippen LogP contribution in [0.15, 0.2) is 29.3 Å². The minimum Gasteiger partial charge on any atom is -0.379 e. The summed E-state index contributed by atoms with van der Waals surface area (Å²) in [6.45, 7) is 10.3. The minimum atomic E-state index is 0. The summed E-state index contributed by atoms with van der Waals surface area (Å²) in [6, 6.07) is 9.19. The van der Waals surface area contributed by atoms with Crippen molar-refractivity contribution in [2.75, 3.05) is 32.8 Å². The molecule has 0 aromatic heterocycles. The quantitative estimate of drug-likeness (QED) is 0.426. The Hall–Kier alpha value is -0.860. The van der Waals surface area contributed by atoms with E-state index in [0.717, 1.165) is 26.3 Å². The van der Waals surface area contributed by atoms with E-state index < -0.39 is 0 Å². The number of nitrogens with one attached hydrogen (secondary N) is 1. The fraction of sp³-hybridized carbons (Fsp3) is 0.588. The van der Waals surface area contributed by atoms with Crippen molar-refractivity contribution in [1.29, 1.82) is 0 Å². The predicted molar refractivity (Wildman–Crippen MR) is 106 cm³/mol. The Bertz CT molecular complexity index is 501. The van der Waals surface area contributed by atoms with Gasteiger partial charge in [0.05, 0.1) is 25.8 Å². The molecule has 0 amide bonds. The number of guanidine groups is 1. The van der Waals surface area contributed by atoms with Gasteiger partial charge in [-0.3, -0.25) is 9.89 Å². The molecule has 1 unspecified atom stereocenters. The van der Waals surface area contributed by atoms with Crippen molar-refractivity contribution >= 4 is 29.9 Å². The van der Waals surface area contributed by atoms with Crippen LogP contribution in [0.4, 0.5) is 0 Å². The van der Waals surface area contributed by atoms with Gasteiger partial charge in [-0.05, 0) is 26.3 Å². The van der Waals surface area contributed by atoms with Gasteiger partial charge < -0.3 is 15.8 Å². The molecule has 2 rings (SSSR count). The highest BCUT2D eigenvalue weighted by molar-refractivity contribution is 14.0. The number of hydrogen-bond donors (Lipinski definition) is 2. The van der Waals surface area contributed by atoms with Crippen LogP contribution in [-0.4, -0.2) is 49.7 Å². The number of nitrogens with zero attached hydrogens (tertiary/aromatic N) is 2. The van der Waals surface area contributed by atoms with Crippen LogP contribution in [0.2, 0.25) is 0 Å². The number of aryl methyl sites for hydroxylation is 1. The molecule has 0 radical (unpaired) electrons. The Labute approximate surface area is 156 Å². The molecule has 3 N–H and O–H groups in total. The molecule has 0 aliphatic carbocycles. The maximum absolute atomic E-state index is 5.96. The standard InChI is InChI=1S/C17H28N4O.HI/c1-13(2)20-17(18)19-12-16(21-7-9-22-10-8-21)15-6-4-5-14(3)11-15;/h4-6,11,13,16H,7-10,12H2,1-3H3,(H3,18,19,20);1H. The second-order valence-electron chi connectivity index (χ2n) is 6.10. The summed E-state index contributed by atoms with van der Waals surface area (Å²) in [6.07, 6.45) is 0. The van der Waals surface area contributed by atoms with Crippen molar-refractivity contribution in [3.63, 3.8) is 0 Å². The molecule has 23 heavy (non-hydrogen) atoms. The lowest BCUT2D eigenvalue weighted by Gasteiger charge is -2.34. The first kappa shape index (κ1) is 20.2. The van der Waals surface area contributed by atoms with Crippen LogP contribution < -0.4 is 11.1 Å². The van der Waals surface area contributed by atoms with Gasteiger partial charge in [0.25, 0.3) is 0 Å². The van der Waals surface area contributed by atoms with Crippen molar-refractivity contribution in [2.45, 2.75) is 32.9 Å². The molecule has 1 atom stereocenters. The largest absolute Gasteiger partial charge is 0.379 e. The van der Waals surface area contributed by atoms with Crippen molar-refractivity contribution in [2.24, 2.45) is 10.7 Å². The summed E-state index contributed by atoms with van der Waals surface area (Å²) in [5, 5.41) is 3.15. The number of hydrogen-bond acceptors (Lipinski definition) is 3. The molecule has 130 valence electrons. The fourth-order valence-electron chi connectivity index (χ4n) is 2.72. The average molecular weight is 432 g/mol. The van der Waals surface area contributed by atoms with E-state index >= 15 is 0 Å². The van der Waals surface area contributed by atoms with E-state index in [1.165, 1.54) is 11.1 Å². The maximum atomic E-state index is 5.96. The Morgan fingerprint density at radius 2 is 2.04 bits per heavy atom. The molecule has 1 aromatic carbocycles. The third-order valence-corrected chi connectivity index (χ3v) is 3.78. The lowest BCUT2D eigenvalue weighted by atomic mass is 10.0. The Kier molecular flexibility index (Phi) is 8.86. The highest BCUT2D eigenvalue weighted by Gasteiger charge is 2.22. The van der Waals surface area contributed by atoms with E-state index in [2.05, 4.69) is 60.2 Å². The first-order chi connectivity index (χ1) is 10.6. The zero-order valence-corrected chi connectivity index (χ0v) is 16.6. The van der Waals surface area contributed by atoms with E-state index in [1.54, 1.807) is 0 Å². The number of benzene rings is 1. The zero-order valence-electron chi connectivity index (χ0n) is 14.3. The third-order valence-electron chi connectivity index (χ3n) is 3.78. The van der Waals surface area contributed by atoms with Gasteiger partial charge in [-0.1, -0.05) is 29.8 Å². The van der Waals surface area contributed by atoms with E-state index in [4.69, 9.17) is 10.5 Å². The second-order valence-corrected chi connectivity index (χ2v) is 6.10. The van der Waals surface area contributed by atoms with Crippen LogP contribution in [-0.2, 0) is 4.74 Å². The van der Waals surface area contributed by atoms with Gasteiger partial charge in [-0.2, -0.15) is 0 Å². The molecular weight excluding hydrogens is 403 g/mol. The van der Waals surface area contributed by atoms with Crippen LogP contribution >= 0.6 is 24.0 Å². The van der Waals surface area contributed by atoms with Gasteiger partial charge in [0, 0.05) is 19.1 Å². The summed E-state index contributed by atoms with van der Waals surface area (Å²) in [5.41, 5.74) is 8.52. The van der Waals surface area contributed by atoms with Crippen LogP contribution in [0.3, 0.4) is 0 Å². The normalized spacial score (nSPS) is 17.7. The summed E-state index contributed by atoms with van der Waals surface area (Å²) in [7, 11) is 0. The number of rotatable bonds is 5. The topological polar surface area (TPSA) is 62.9 Å². The molecule has 0 saturated carbocycles. The number of nitrogens with two attached hydrogens (primary N) is 1. The fourth-order valence-corrected chi connectivity index (χ4v) is 2.72. The molecule has 0 spiro atoms. The lowest BCUT2D eigenvalue weighted by Crippen LogP contribution is -2.41. The van der Waals surface area contributed by atoms with Gasteiger partial charge in [0.2, 0.25) is 0 Å². The summed E-state index contributed by atoms with van der Waals surface area (Å²) in [5.74, 6) is 0.515. The SMILES string of the molecule is Cc1cccc(C(CN=C(N)NC(C)C)N2CCOCC2)c1.I. The van der Waals surface area contributed by atoms with Crippen molar-refractivity contribution in [3.8, 4) is 0 Å². The minimum absolute atomic E-state index is 0. The van der Waals surface area contributed by atoms with Gasteiger partial charge in [0.1, 0.15) is 0 Å². The van der Waals surface area contributed by atoms with E-state index in [0.29, 0.717) is 18.5 Å². The van der Waals surface area contributed by atoms with Gasteiger partial charge in [-0.15, -0.1) is 24.0 Å². The lowest BCUT2D eigenvalue weighted by molar-refractivity contribution is 0.0179. The van der Waals surface area contributed by atoms with Crippen molar-refractivity contribution in [1.82, 2.24) is 10.2 Å². The molecule has 1 aliphatic heterocycles. The molecule has 1 heterocycles. The number of halogens is 1. The smallest absolute Gasteiger partial charge is 0.188 e. The predicted octanol–water partition coefficient (Wildman–Crippen LogP) is 2.30. The average Bonchev–Trinajstić information content (AvgIpc) is 2.48. The first-order valence-electron chi connectivity index (χ1n) is 8.01. The molecule has 6 heteroatoms. The third kappa shape index (κ3) is 6.64.